The van der Waals surface area contributed by atoms with E-state index in [4.69, 9.17) is 14.8 Å². The van der Waals surface area contributed by atoms with E-state index in [1.165, 1.54) is 6.07 Å². The highest BCUT2D eigenvalue weighted by Crippen LogP contribution is 2.37. The Hall–Kier alpha value is -2.09. The fourth-order valence-corrected chi connectivity index (χ4v) is 2.22. The van der Waals surface area contributed by atoms with Crippen LogP contribution in [0.2, 0.25) is 0 Å². The maximum Gasteiger partial charge on any atom is 0.495 e. The van der Waals surface area contributed by atoms with Crippen LogP contribution in [0.3, 0.4) is 0 Å². The molecule has 8 nitrogen and oxygen atoms in total. The van der Waals surface area contributed by atoms with E-state index in [0.717, 1.165) is 0 Å². The first-order valence-electron chi connectivity index (χ1n) is 6.79. The lowest BCUT2D eigenvalue weighted by Crippen LogP contribution is -2.41. The van der Waals surface area contributed by atoms with Crippen molar-refractivity contribution in [2.24, 2.45) is 5.11 Å². The van der Waals surface area contributed by atoms with Crippen molar-refractivity contribution < 1.29 is 14.2 Å². The van der Waals surface area contributed by atoms with Crippen LogP contribution in [0.15, 0.2) is 17.2 Å². The summed E-state index contributed by atoms with van der Waals surface area (Å²) >= 11 is 0. The Bertz CT molecular complexity index is 667. The van der Waals surface area contributed by atoms with E-state index in [-0.39, 0.29) is 11.4 Å². The molecular weight excluding hydrogens is 287 g/mol. The molecule has 1 aromatic carbocycles. The summed E-state index contributed by atoms with van der Waals surface area (Å²) in [6, 6.07) is 3.01. The zero-order valence-corrected chi connectivity index (χ0v) is 13.2. The zero-order valence-electron chi connectivity index (χ0n) is 13.2. The molecule has 1 aliphatic rings. The number of nitro groups is 1. The first kappa shape index (κ1) is 16.3. The number of rotatable bonds is 3. The van der Waals surface area contributed by atoms with E-state index < -0.39 is 23.2 Å². The van der Waals surface area contributed by atoms with Crippen molar-refractivity contribution in [3.8, 4) is 0 Å². The molecule has 0 spiro atoms. The summed E-state index contributed by atoms with van der Waals surface area (Å²) in [5.74, 6) is 0. The smallest absolute Gasteiger partial charge is 0.399 e. The second-order valence-electron chi connectivity index (χ2n) is 6.24. The molecule has 0 saturated carbocycles. The van der Waals surface area contributed by atoms with Crippen LogP contribution in [0.5, 0.6) is 0 Å². The van der Waals surface area contributed by atoms with Gasteiger partial charge in [-0.2, -0.15) is 0 Å². The predicted molar refractivity (Wildman–Crippen MR) is 82.4 cm³/mol. The minimum atomic E-state index is -0.706. The Morgan fingerprint density at radius 2 is 1.82 bits per heavy atom. The van der Waals surface area contributed by atoms with Gasteiger partial charge in [0.15, 0.2) is 0 Å². The molecule has 1 aromatic rings. The third-order valence-corrected chi connectivity index (χ3v) is 4.17. The average Bonchev–Trinajstić information content (AvgIpc) is 2.60. The number of nitrogens with zero attached hydrogens (tertiary/aromatic N) is 4. The van der Waals surface area contributed by atoms with Crippen LogP contribution in [0.4, 0.5) is 11.4 Å². The van der Waals surface area contributed by atoms with Gasteiger partial charge in [0.1, 0.15) is 5.69 Å². The van der Waals surface area contributed by atoms with Crippen molar-refractivity contribution in [3.63, 3.8) is 0 Å². The van der Waals surface area contributed by atoms with Crippen molar-refractivity contribution in [3.05, 3.63) is 38.3 Å². The molecule has 0 bridgehead atoms. The Balaban J connectivity index is 2.51. The number of benzene rings is 1. The van der Waals surface area contributed by atoms with E-state index in [1.54, 1.807) is 13.0 Å². The number of hydrogen-bond donors (Lipinski definition) is 0. The summed E-state index contributed by atoms with van der Waals surface area (Å²) in [6.45, 7) is 9.27. The normalized spacial score (nSPS) is 18.9. The minimum absolute atomic E-state index is 0.00719. The molecule has 22 heavy (non-hydrogen) atoms. The lowest BCUT2D eigenvalue weighted by atomic mass is 9.78. The molecule has 1 saturated heterocycles. The maximum atomic E-state index is 11.2. The topological polar surface area (TPSA) is 110 Å². The molecule has 0 atom stereocenters. The average molecular weight is 304 g/mol. The molecule has 0 radical (unpaired) electrons. The fraction of sp³-hybridized carbons (Fsp3) is 0.538. The summed E-state index contributed by atoms with van der Waals surface area (Å²) in [5, 5.41) is 14.6. The van der Waals surface area contributed by atoms with Gasteiger partial charge < -0.3 is 9.31 Å². The van der Waals surface area contributed by atoms with Gasteiger partial charge in [0.05, 0.1) is 16.1 Å². The highest BCUT2D eigenvalue weighted by atomic mass is 16.7. The van der Waals surface area contributed by atoms with Crippen LogP contribution < -0.4 is 5.46 Å². The quantitative estimate of drug-likeness (QED) is 0.213. The van der Waals surface area contributed by atoms with Gasteiger partial charge in [-0.1, -0.05) is 11.2 Å². The van der Waals surface area contributed by atoms with Crippen LogP contribution in [0.1, 0.15) is 33.3 Å². The van der Waals surface area contributed by atoms with Crippen LogP contribution >= 0.6 is 0 Å². The van der Waals surface area contributed by atoms with Gasteiger partial charge in [0.25, 0.3) is 5.69 Å². The van der Waals surface area contributed by atoms with Crippen LogP contribution in [-0.2, 0) is 9.31 Å². The summed E-state index contributed by atoms with van der Waals surface area (Å²) < 4.78 is 11.8. The summed E-state index contributed by atoms with van der Waals surface area (Å²) in [7, 11) is -0.706. The van der Waals surface area contributed by atoms with Gasteiger partial charge in [-0.05, 0) is 51.2 Å². The van der Waals surface area contributed by atoms with Crippen molar-refractivity contribution in [1.29, 1.82) is 0 Å². The van der Waals surface area contributed by atoms with Gasteiger partial charge in [0.2, 0.25) is 0 Å². The molecule has 0 aliphatic carbocycles. The Morgan fingerprint density at radius 1 is 1.27 bits per heavy atom. The summed E-state index contributed by atoms with van der Waals surface area (Å²) in [6.07, 6.45) is 0. The number of aryl methyl sites for hydroxylation is 1. The molecular formula is C13H17BN4O4. The molecule has 1 aliphatic heterocycles. The van der Waals surface area contributed by atoms with E-state index >= 15 is 0 Å². The number of azide groups is 1. The Morgan fingerprint density at radius 3 is 2.27 bits per heavy atom. The molecule has 1 heterocycles. The third kappa shape index (κ3) is 2.66. The zero-order chi connectivity index (χ0) is 16.7. The first-order chi connectivity index (χ1) is 10.1. The van der Waals surface area contributed by atoms with E-state index in [9.17, 15) is 10.1 Å². The lowest BCUT2D eigenvalue weighted by molar-refractivity contribution is -0.384. The van der Waals surface area contributed by atoms with Crippen molar-refractivity contribution in [2.75, 3.05) is 0 Å². The lowest BCUT2D eigenvalue weighted by Gasteiger charge is -2.32. The third-order valence-electron chi connectivity index (χ3n) is 4.17. The van der Waals surface area contributed by atoms with Crippen molar-refractivity contribution in [2.45, 2.75) is 45.8 Å². The summed E-state index contributed by atoms with van der Waals surface area (Å²) in [4.78, 5) is 13.3. The van der Waals surface area contributed by atoms with E-state index in [2.05, 4.69) is 10.0 Å². The molecule has 1 fully saturated rings. The Kier molecular flexibility index (Phi) is 3.91. The minimum Gasteiger partial charge on any atom is -0.399 e. The van der Waals surface area contributed by atoms with Gasteiger partial charge in [0, 0.05) is 11.0 Å². The number of nitro benzene ring substituents is 1. The maximum absolute atomic E-state index is 11.2. The fourth-order valence-electron chi connectivity index (χ4n) is 2.22. The molecule has 116 valence electrons. The molecule has 0 unspecified atom stereocenters. The molecule has 2 rings (SSSR count). The monoisotopic (exact) mass is 304 g/mol. The molecule has 0 N–H and O–H groups in total. The highest BCUT2D eigenvalue weighted by Gasteiger charge is 2.52. The highest BCUT2D eigenvalue weighted by molar-refractivity contribution is 6.62. The van der Waals surface area contributed by atoms with Gasteiger partial charge in [-0.15, -0.1) is 0 Å². The predicted octanol–water partition coefficient (Wildman–Crippen LogP) is 3.14. The number of hydrogen-bond acceptors (Lipinski definition) is 5. The van der Waals surface area contributed by atoms with E-state index in [1.807, 2.05) is 27.7 Å². The second kappa shape index (κ2) is 5.28. The molecule has 0 amide bonds. The standard InChI is InChI=1S/C13H17BN4O4/c1-8-6-9(7-10(18(19)20)11(8)16-17-15)14-21-12(2,3)13(4,5)22-14/h6-7H,1-5H3. The van der Waals surface area contributed by atoms with Crippen LogP contribution in [0.25, 0.3) is 10.4 Å². The van der Waals surface area contributed by atoms with Gasteiger partial charge >= 0.3 is 7.12 Å². The summed E-state index contributed by atoms with van der Waals surface area (Å²) in [5.41, 5.74) is 8.25. The Labute approximate surface area is 128 Å². The van der Waals surface area contributed by atoms with Gasteiger partial charge in [-0.3, -0.25) is 10.1 Å². The molecule has 0 aromatic heterocycles. The van der Waals surface area contributed by atoms with Crippen molar-refractivity contribution in [1.82, 2.24) is 0 Å². The SMILES string of the molecule is Cc1cc(B2OC(C)(C)C(C)(C)O2)cc([N+](=O)[O-])c1N=[N+]=[N-]. The first-order valence-corrected chi connectivity index (χ1v) is 6.79. The molecule has 9 heteroatoms. The second-order valence-corrected chi connectivity index (χ2v) is 6.24. The van der Waals surface area contributed by atoms with E-state index in [0.29, 0.717) is 11.0 Å². The van der Waals surface area contributed by atoms with Crippen LogP contribution in [0, 0.1) is 17.0 Å². The van der Waals surface area contributed by atoms with Crippen molar-refractivity contribution >= 4 is 24.0 Å². The van der Waals surface area contributed by atoms with Gasteiger partial charge in [-0.25, -0.2) is 0 Å². The largest absolute Gasteiger partial charge is 0.495 e. The van der Waals surface area contributed by atoms with Crippen LogP contribution in [-0.4, -0.2) is 23.2 Å².